The molecule has 0 N–H and O–H groups in total. The molecule has 1 nitrogen and oxygen atoms in total. The third-order valence-electron chi connectivity index (χ3n) is 1.66. The first-order valence-electron chi connectivity index (χ1n) is 4.22. The van der Waals surface area contributed by atoms with E-state index in [1.165, 1.54) is 12.1 Å². The molecule has 80 valence electrons. The van der Waals surface area contributed by atoms with E-state index in [4.69, 9.17) is 0 Å². The van der Waals surface area contributed by atoms with Gasteiger partial charge in [0.25, 0.3) is 0 Å². The highest BCUT2D eigenvalue weighted by atomic mass is 19.3. The van der Waals surface area contributed by atoms with Gasteiger partial charge in [0.1, 0.15) is 5.75 Å². The molecule has 0 atom stereocenters. The first-order valence-corrected chi connectivity index (χ1v) is 4.22. The highest BCUT2D eigenvalue weighted by Crippen LogP contribution is 2.18. The maximum absolute atomic E-state index is 12.4. The second kappa shape index (κ2) is 5.24. The Kier molecular flexibility index (Phi) is 3.97. The van der Waals surface area contributed by atoms with Gasteiger partial charge >= 0.3 is 12.1 Å². The van der Waals surface area contributed by atoms with Crippen LogP contribution >= 0.6 is 0 Å². The summed E-state index contributed by atoms with van der Waals surface area (Å²) < 4.78 is 40.0. The van der Waals surface area contributed by atoms with Gasteiger partial charge in [-0.1, -0.05) is 18.2 Å². The summed E-state index contributed by atoms with van der Waals surface area (Å²) in [6, 6.07) is 4.27. The number of hydrogen-bond acceptors (Lipinski definition) is 1. The lowest BCUT2D eigenvalue weighted by Crippen LogP contribution is -1.91. The molecule has 0 amide bonds. The van der Waals surface area contributed by atoms with Crippen LogP contribution in [0.1, 0.15) is 5.56 Å². The fraction of sp³-hybridized carbons (Fsp3) is 0.0909. The summed E-state index contributed by atoms with van der Waals surface area (Å²) >= 11 is 0. The molecule has 1 rings (SSSR count). The summed E-state index contributed by atoms with van der Waals surface area (Å²) in [5.74, 6) is 0.0353. The Labute approximate surface area is 85.5 Å². The third-order valence-corrected chi connectivity index (χ3v) is 1.66. The number of halogens is 3. The van der Waals surface area contributed by atoms with Crippen LogP contribution in [0, 0.1) is 0 Å². The molecule has 0 aromatic heterocycles. The van der Waals surface area contributed by atoms with Crippen LogP contribution in [0.3, 0.4) is 0 Å². The Morgan fingerprint density at radius 3 is 2.27 bits per heavy atom. The van der Waals surface area contributed by atoms with Crippen molar-refractivity contribution in [1.29, 1.82) is 0 Å². The van der Waals surface area contributed by atoms with Crippen LogP contribution in [-0.4, -0.2) is 0 Å². The molecule has 4 heteroatoms. The monoisotopic (exact) mass is 214 g/mol. The molecule has 0 heterocycles. The smallest absolute Gasteiger partial charge is 0.344 e. The Morgan fingerprint density at radius 2 is 1.80 bits per heavy atom. The number of allylic oxidation sites excluding steroid dienone is 1. The Balaban J connectivity index is 2.72. The molecule has 1 aromatic carbocycles. The second-order valence-corrected chi connectivity index (χ2v) is 2.77. The number of ether oxygens (including phenoxy) is 1. The summed E-state index contributed by atoms with van der Waals surface area (Å²) in [4.78, 5) is 0. The molecule has 0 unspecified atom stereocenters. The summed E-state index contributed by atoms with van der Waals surface area (Å²) in [7, 11) is 0. The lowest BCUT2D eigenvalue weighted by Gasteiger charge is -2.02. The van der Waals surface area contributed by atoms with Crippen LogP contribution < -0.4 is 4.74 Å². The first kappa shape index (κ1) is 11.4. The van der Waals surface area contributed by atoms with Gasteiger partial charge in [-0.05, 0) is 24.1 Å². The van der Waals surface area contributed by atoms with Crippen molar-refractivity contribution < 1.29 is 17.9 Å². The van der Waals surface area contributed by atoms with Crippen LogP contribution in [-0.2, 0) is 6.42 Å². The SMILES string of the molecule is C=CCc1ccc(OC(F)=C(F)F)cc1. The zero-order chi connectivity index (χ0) is 11.3. The van der Waals surface area contributed by atoms with Gasteiger partial charge in [-0.15, -0.1) is 6.58 Å². The molecule has 0 saturated heterocycles. The van der Waals surface area contributed by atoms with Gasteiger partial charge in [0.2, 0.25) is 0 Å². The molecule has 0 radical (unpaired) electrons. The molecule has 0 aliphatic rings. The molecule has 0 fully saturated rings. The van der Waals surface area contributed by atoms with E-state index in [0.29, 0.717) is 6.42 Å². The third kappa shape index (κ3) is 3.50. The second-order valence-electron chi connectivity index (χ2n) is 2.77. The average molecular weight is 214 g/mol. The van der Waals surface area contributed by atoms with Gasteiger partial charge in [0.15, 0.2) is 0 Å². The molecular weight excluding hydrogens is 205 g/mol. The topological polar surface area (TPSA) is 9.23 Å². The zero-order valence-corrected chi connectivity index (χ0v) is 7.84. The first-order chi connectivity index (χ1) is 7.13. The van der Waals surface area contributed by atoms with Crippen molar-refractivity contribution in [1.82, 2.24) is 0 Å². The van der Waals surface area contributed by atoms with E-state index in [0.717, 1.165) is 5.56 Å². The van der Waals surface area contributed by atoms with E-state index in [9.17, 15) is 13.2 Å². The molecule has 15 heavy (non-hydrogen) atoms. The number of rotatable bonds is 4. The number of hydrogen-bond donors (Lipinski definition) is 0. The minimum Gasteiger partial charge on any atom is -0.428 e. The fourth-order valence-electron chi connectivity index (χ4n) is 1.00. The predicted molar refractivity (Wildman–Crippen MR) is 51.3 cm³/mol. The fourth-order valence-corrected chi connectivity index (χ4v) is 1.00. The minimum atomic E-state index is -2.47. The van der Waals surface area contributed by atoms with Gasteiger partial charge in [0.05, 0.1) is 0 Å². The van der Waals surface area contributed by atoms with E-state index in [1.54, 1.807) is 18.2 Å². The summed E-state index contributed by atoms with van der Waals surface area (Å²) in [5.41, 5.74) is 0.947. The Hall–Kier alpha value is -1.71. The number of benzene rings is 1. The molecule has 0 aliphatic heterocycles. The van der Waals surface area contributed by atoms with Crippen molar-refractivity contribution in [2.24, 2.45) is 0 Å². The quantitative estimate of drug-likeness (QED) is 0.546. The van der Waals surface area contributed by atoms with Crippen molar-refractivity contribution in [2.45, 2.75) is 6.42 Å². The largest absolute Gasteiger partial charge is 0.428 e. The minimum absolute atomic E-state index is 0.0353. The van der Waals surface area contributed by atoms with E-state index in [2.05, 4.69) is 11.3 Å². The van der Waals surface area contributed by atoms with Crippen molar-refractivity contribution in [3.8, 4) is 5.75 Å². The van der Waals surface area contributed by atoms with Gasteiger partial charge in [-0.25, -0.2) is 0 Å². The summed E-state index contributed by atoms with van der Waals surface area (Å²) in [6.07, 6.45) is -0.0987. The molecule has 0 bridgehead atoms. The zero-order valence-electron chi connectivity index (χ0n) is 7.84. The predicted octanol–water partition coefficient (Wildman–Crippen LogP) is 3.83. The average Bonchev–Trinajstić information content (AvgIpc) is 2.21. The lowest BCUT2D eigenvalue weighted by atomic mass is 10.1. The van der Waals surface area contributed by atoms with Crippen molar-refractivity contribution in [2.75, 3.05) is 0 Å². The van der Waals surface area contributed by atoms with Crippen LogP contribution in [0.2, 0.25) is 0 Å². The van der Waals surface area contributed by atoms with Gasteiger partial charge in [-0.3, -0.25) is 0 Å². The molecular formula is C11H9F3O. The maximum atomic E-state index is 12.4. The Morgan fingerprint density at radius 1 is 1.20 bits per heavy atom. The molecule has 0 spiro atoms. The highest BCUT2D eigenvalue weighted by Gasteiger charge is 2.07. The standard InChI is InChI=1S/C11H9F3O/c1-2-3-8-4-6-9(7-5-8)15-11(14)10(12)13/h2,4-7H,1,3H2. The summed E-state index contributed by atoms with van der Waals surface area (Å²) in [6.45, 7) is 3.55. The van der Waals surface area contributed by atoms with E-state index >= 15 is 0 Å². The summed E-state index contributed by atoms with van der Waals surface area (Å²) in [5, 5.41) is 0. The van der Waals surface area contributed by atoms with E-state index in [-0.39, 0.29) is 5.75 Å². The Bertz CT molecular complexity index is 364. The van der Waals surface area contributed by atoms with E-state index in [1.807, 2.05) is 0 Å². The van der Waals surface area contributed by atoms with Crippen LogP contribution in [0.15, 0.2) is 49.0 Å². The van der Waals surface area contributed by atoms with Gasteiger partial charge in [0, 0.05) is 0 Å². The highest BCUT2D eigenvalue weighted by molar-refractivity contribution is 5.29. The molecule has 0 aliphatic carbocycles. The van der Waals surface area contributed by atoms with Crippen molar-refractivity contribution in [3.05, 3.63) is 54.6 Å². The van der Waals surface area contributed by atoms with Crippen LogP contribution in [0.5, 0.6) is 5.75 Å². The van der Waals surface area contributed by atoms with Crippen molar-refractivity contribution in [3.63, 3.8) is 0 Å². The lowest BCUT2D eigenvalue weighted by molar-refractivity contribution is 0.241. The maximum Gasteiger partial charge on any atom is 0.344 e. The van der Waals surface area contributed by atoms with Gasteiger partial charge < -0.3 is 4.74 Å². The van der Waals surface area contributed by atoms with E-state index < -0.39 is 12.1 Å². The molecule has 0 saturated carbocycles. The normalized spacial score (nSPS) is 9.53. The van der Waals surface area contributed by atoms with Crippen molar-refractivity contribution >= 4 is 0 Å². The van der Waals surface area contributed by atoms with Crippen LogP contribution in [0.25, 0.3) is 0 Å². The van der Waals surface area contributed by atoms with Gasteiger partial charge in [-0.2, -0.15) is 13.2 Å². The van der Waals surface area contributed by atoms with Crippen LogP contribution in [0.4, 0.5) is 13.2 Å². The molecule has 1 aromatic rings.